The maximum absolute atomic E-state index is 9.44. The van der Waals surface area contributed by atoms with Crippen molar-refractivity contribution in [2.45, 2.75) is 33.9 Å². The first kappa shape index (κ1) is 17.4. The molecule has 2 heterocycles. The summed E-state index contributed by atoms with van der Waals surface area (Å²) in [6.45, 7) is 8.30. The quantitative estimate of drug-likeness (QED) is 0.618. The molecule has 0 aliphatic rings. The third-order valence-corrected chi connectivity index (χ3v) is 4.50. The van der Waals surface area contributed by atoms with Gasteiger partial charge in [-0.25, -0.2) is 4.98 Å². The number of imidazole rings is 1. The van der Waals surface area contributed by atoms with Crippen molar-refractivity contribution in [3.63, 3.8) is 0 Å². The number of rotatable bonds is 7. The zero-order valence-corrected chi connectivity index (χ0v) is 15.0. The average molecular weight is 339 g/mol. The fourth-order valence-electron chi connectivity index (χ4n) is 3.02. The third-order valence-electron chi connectivity index (χ3n) is 4.50. The zero-order valence-electron chi connectivity index (χ0n) is 15.0. The summed E-state index contributed by atoms with van der Waals surface area (Å²) >= 11 is 0. The Balaban J connectivity index is 1.85. The Morgan fingerprint density at radius 1 is 1.16 bits per heavy atom. The lowest BCUT2D eigenvalue weighted by Crippen LogP contribution is -2.26. The van der Waals surface area contributed by atoms with Gasteiger partial charge in [-0.2, -0.15) is 5.10 Å². The van der Waals surface area contributed by atoms with Crippen LogP contribution >= 0.6 is 0 Å². The number of aliphatic hydroxyl groups excluding tert-OH is 1. The molecule has 1 aromatic carbocycles. The molecule has 3 rings (SSSR count). The summed E-state index contributed by atoms with van der Waals surface area (Å²) in [7, 11) is 0. The summed E-state index contributed by atoms with van der Waals surface area (Å²) in [5.41, 5.74) is 7.84. The van der Waals surface area contributed by atoms with Gasteiger partial charge in [0, 0.05) is 36.5 Å². The molecule has 0 aliphatic carbocycles. The van der Waals surface area contributed by atoms with Gasteiger partial charge in [-0.15, -0.1) is 0 Å². The summed E-state index contributed by atoms with van der Waals surface area (Å²) < 4.78 is 0. The predicted molar refractivity (Wildman–Crippen MR) is 98.0 cm³/mol. The molecule has 0 amide bonds. The van der Waals surface area contributed by atoms with E-state index in [0.29, 0.717) is 19.6 Å². The van der Waals surface area contributed by atoms with Crippen LogP contribution in [0.4, 0.5) is 0 Å². The minimum atomic E-state index is 0.111. The minimum absolute atomic E-state index is 0.111. The van der Waals surface area contributed by atoms with E-state index >= 15 is 0 Å². The summed E-state index contributed by atoms with van der Waals surface area (Å²) in [4.78, 5) is 9.66. The highest BCUT2D eigenvalue weighted by molar-refractivity contribution is 5.67. The molecule has 3 aromatic rings. The Morgan fingerprint density at radius 3 is 2.72 bits per heavy atom. The molecular weight excluding hydrogens is 314 g/mol. The van der Waals surface area contributed by atoms with Gasteiger partial charge in [-0.3, -0.25) is 10.00 Å². The van der Waals surface area contributed by atoms with Crippen molar-refractivity contribution < 1.29 is 5.11 Å². The summed E-state index contributed by atoms with van der Waals surface area (Å²) in [6, 6.07) is 6.43. The van der Waals surface area contributed by atoms with Gasteiger partial charge in [0.15, 0.2) is 0 Å². The molecule has 0 saturated carbocycles. The monoisotopic (exact) mass is 339 g/mol. The first-order valence-corrected chi connectivity index (χ1v) is 8.50. The normalized spacial score (nSPS) is 11.4. The van der Waals surface area contributed by atoms with Crippen molar-refractivity contribution in [2.24, 2.45) is 0 Å². The number of hydrogen-bond donors (Lipinski definition) is 3. The first-order valence-electron chi connectivity index (χ1n) is 8.50. The Hall–Kier alpha value is -2.44. The smallest absolute Gasteiger partial charge is 0.0925 e. The molecule has 0 radical (unpaired) electrons. The third kappa shape index (κ3) is 3.97. The molecule has 0 spiro atoms. The van der Waals surface area contributed by atoms with E-state index in [-0.39, 0.29) is 6.61 Å². The number of hydrogen-bond acceptors (Lipinski definition) is 4. The Morgan fingerprint density at radius 2 is 2.00 bits per heavy atom. The molecule has 0 aliphatic heterocycles. The summed E-state index contributed by atoms with van der Waals surface area (Å²) in [5.74, 6) is 0. The van der Waals surface area contributed by atoms with Gasteiger partial charge in [-0.05, 0) is 32.4 Å². The number of aryl methyl sites for hydroxylation is 3. The first-order chi connectivity index (χ1) is 12.1. The van der Waals surface area contributed by atoms with Crippen LogP contribution in [0.3, 0.4) is 0 Å². The molecule has 0 atom stereocenters. The van der Waals surface area contributed by atoms with Gasteiger partial charge in [0.25, 0.3) is 0 Å². The topological polar surface area (TPSA) is 80.8 Å². The van der Waals surface area contributed by atoms with Gasteiger partial charge < -0.3 is 10.1 Å². The molecule has 132 valence electrons. The molecule has 2 aromatic heterocycles. The second-order valence-corrected chi connectivity index (χ2v) is 6.50. The number of H-pyrrole nitrogens is 2. The van der Waals surface area contributed by atoms with E-state index < -0.39 is 0 Å². The predicted octanol–water partition coefficient (Wildman–Crippen LogP) is 2.72. The number of benzene rings is 1. The van der Waals surface area contributed by atoms with E-state index in [4.69, 9.17) is 0 Å². The van der Waals surface area contributed by atoms with Crippen LogP contribution in [0.15, 0.2) is 30.7 Å². The Labute approximate surface area is 147 Å². The second kappa shape index (κ2) is 7.63. The van der Waals surface area contributed by atoms with Crippen LogP contribution in [0.5, 0.6) is 0 Å². The van der Waals surface area contributed by atoms with Gasteiger partial charge in [0.1, 0.15) is 0 Å². The van der Waals surface area contributed by atoms with Gasteiger partial charge in [0.2, 0.25) is 0 Å². The maximum Gasteiger partial charge on any atom is 0.0925 e. The van der Waals surface area contributed by atoms with E-state index in [1.54, 1.807) is 6.33 Å². The van der Waals surface area contributed by atoms with Crippen LogP contribution in [0.1, 0.15) is 28.1 Å². The lowest BCUT2D eigenvalue weighted by atomic mass is 10.00. The number of nitrogens with zero attached hydrogens (tertiary/aromatic N) is 3. The molecule has 0 bridgehead atoms. The highest BCUT2D eigenvalue weighted by Crippen LogP contribution is 2.27. The largest absolute Gasteiger partial charge is 0.395 e. The van der Waals surface area contributed by atoms with Gasteiger partial charge in [0.05, 0.1) is 30.5 Å². The zero-order chi connectivity index (χ0) is 17.8. The number of aromatic nitrogens is 4. The van der Waals surface area contributed by atoms with E-state index in [1.807, 2.05) is 13.1 Å². The van der Waals surface area contributed by atoms with Crippen LogP contribution < -0.4 is 0 Å². The van der Waals surface area contributed by atoms with Crippen molar-refractivity contribution in [2.75, 3.05) is 13.2 Å². The number of nitrogens with one attached hydrogen (secondary N) is 2. The fourth-order valence-corrected chi connectivity index (χ4v) is 3.02. The lowest BCUT2D eigenvalue weighted by molar-refractivity contribution is 0.183. The highest BCUT2D eigenvalue weighted by Gasteiger charge is 2.15. The average Bonchev–Trinajstić information content (AvgIpc) is 3.20. The van der Waals surface area contributed by atoms with Crippen molar-refractivity contribution in [3.8, 4) is 11.3 Å². The standard InChI is InChI=1S/C19H25N5O/c1-13-4-5-14(2)17(8-13)19-16(9-22-23-19)10-24(6-7-25)11-18-15(3)20-12-21-18/h4-5,8-9,12,25H,6-7,10-11H2,1-3H3,(H,20,21)(H,22,23). The number of aromatic amines is 2. The molecule has 0 saturated heterocycles. The Kier molecular flexibility index (Phi) is 5.31. The summed E-state index contributed by atoms with van der Waals surface area (Å²) in [6.07, 6.45) is 3.58. The molecular formula is C19H25N5O. The van der Waals surface area contributed by atoms with E-state index in [0.717, 1.165) is 22.6 Å². The van der Waals surface area contributed by atoms with Crippen LogP contribution in [0.25, 0.3) is 11.3 Å². The lowest BCUT2D eigenvalue weighted by Gasteiger charge is -2.21. The molecule has 3 N–H and O–H groups in total. The van der Waals surface area contributed by atoms with E-state index in [9.17, 15) is 5.11 Å². The molecule has 0 fully saturated rings. The van der Waals surface area contributed by atoms with Gasteiger partial charge >= 0.3 is 0 Å². The van der Waals surface area contributed by atoms with Crippen molar-refractivity contribution in [1.29, 1.82) is 0 Å². The molecule has 0 unspecified atom stereocenters. The highest BCUT2D eigenvalue weighted by atomic mass is 16.3. The van der Waals surface area contributed by atoms with Gasteiger partial charge in [-0.1, -0.05) is 17.7 Å². The SMILES string of the molecule is Cc1ccc(C)c(-c2[nH]ncc2CN(CCO)Cc2nc[nH]c2C)c1. The van der Waals surface area contributed by atoms with E-state index in [2.05, 4.69) is 57.1 Å². The number of aliphatic hydroxyl groups is 1. The van der Waals surface area contributed by atoms with Crippen LogP contribution in [0.2, 0.25) is 0 Å². The second-order valence-electron chi connectivity index (χ2n) is 6.50. The van der Waals surface area contributed by atoms with Crippen LogP contribution in [-0.4, -0.2) is 43.3 Å². The van der Waals surface area contributed by atoms with Crippen molar-refractivity contribution in [3.05, 3.63) is 58.8 Å². The maximum atomic E-state index is 9.44. The Bertz CT molecular complexity index is 836. The van der Waals surface area contributed by atoms with Crippen molar-refractivity contribution in [1.82, 2.24) is 25.1 Å². The van der Waals surface area contributed by atoms with Crippen LogP contribution in [-0.2, 0) is 13.1 Å². The molecule has 6 nitrogen and oxygen atoms in total. The minimum Gasteiger partial charge on any atom is -0.395 e. The fraction of sp³-hybridized carbons (Fsp3) is 0.368. The molecule has 6 heteroatoms. The molecule has 25 heavy (non-hydrogen) atoms. The summed E-state index contributed by atoms with van der Waals surface area (Å²) in [5, 5.41) is 16.8. The van der Waals surface area contributed by atoms with Crippen molar-refractivity contribution >= 4 is 0 Å². The van der Waals surface area contributed by atoms with Crippen LogP contribution in [0, 0.1) is 20.8 Å². The van der Waals surface area contributed by atoms with E-state index in [1.165, 1.54) is 16.7 Å².